The Morgan fingerprint density at radius 2 is 1.88 bits per heavy atom. The Morgan fingerprint density at radius 1 is 1.12 bits per heavy atom. The van der Waals surface area contributed by atoms with E-state index in [1.807, 2.05) is 18.2 Å². The predicted molar refractivity (Wildman–Crippen MR) is 71.1 cm³/mol. The molecule has 0 spiro atoms. The summed E-state index contributed by atoms with van der Waals surface area (Å²) in [5.74, 6) is 0.849. The monoisotopic (exact) mass is 237 g/mol. The van der Waals surface area contributed by atoms with E-state index in [0.717, 1.165) is 23.2 Å². The van der Waals surface area contributed by atoms with Crippen LogP contribution in [0, 0.1) is 5.92 Å². The molecule has 0 unspecified atom stereocenters. The molecule has 1 N–H and O–H groups in total. The molecule has 0 aliphatic heterocycles. The lowest BCUT2D eigenvalue weighted by Crippen LogP contribution is -2.13. The third-order valence-electron chi connectivity index (χ3n) is 3.39. The van der Waals surface area contributed by atoms with E-state index >= 15 is 0 Å². The van der Waals surface area contributed by atoms with Crippen LogP contribution >= 0.6 is 11.6 Å². The number of halogens is 1. The summed E-state index contributed by atoms with van der Waals surface area (Å²) in [5, 5.41) is 4.31. The topological polar surface area (TPSA) is 12.0 Å². The van der Waals surface area contributed by atoms with Crippen LogP contribution in [0.3, 0.4) is 0 Å². The fraction of sp³-hybridized carbons (Fsp3) is 0.571. The van der Waals surface area contributed by atoms with Crippen molar-refractivity contribution in [3.05, 3.63) is 29.3 Å². The van der Waals surface area contributed by atoms with Gasteiger partial charge in [-0.25, -0.2) is 0 Å². The highest BCUT2D eigenvalue weighted by Crippen LogP contribution is 2.23. The molecule has 0 bridgehead atoms. The van der Waals surface area contributed by atoms with E-state index in [1.54, 1.807) is 0 Å². The first kappa shape index (κ1) is 11.8. The molecule has 1 nitrogen and oxygen atoms in total. The molecule has 1 saturated carbocycles. The van der Waals surface area contributed by atoms with Crippen LogP contribution in [0.1, 0.15) is 38.5 Å². The van der Waals surface area contributed by atoms with Crippen LogP contribution in [0.4, 0.5) is 5.69 Å². The molecule has 88 valence electrons. The minimum atomic E-state index is 0.811. The van der Waals surface area contributed by atoms with Gasteiger partial charge in [0.15, 0.2) is 0 Å². The summed E-state index contributed by atoms with van der Waals surface area (Å²) in [5.41, 5.74) is 1.15. The second-order valence-corrected chi connectivity index (χ2v) is 5.19. The second kappa shape index (κ2) is 6.15. The summed E-state index contributed by atoms with van der Waals surface area (Å²) in [7, 11) is 0. The molecule has 1 aromatic rings. The van der Waals surface area contributed by atoms with E-state index in [4.69, 9.17) is 11.6 Å². The number of hydrogen-bond acceptors (Lipinski definition) is 1. The average Bonchev–Trinajstić information content (AvgIpc) is 2.55. The number of anilines is 1. The summed E-state index contributed by atoms with van der Waals surface area (Å²) < 4.78 is 0. The number of benzene rings is 1. The lowest BCUT2D eigenvalue weighted by molar-refractivity contribution is 0.483. The van der Waals surface area contributed by atoms with Gasteiger partial charge in [0.05, 0.1) is 0 Å². The fourth-order valence-corrected chi connectivity index (χ4v) is 2.62. The third-order valence-corrected chi connectivity index (χ3v) is 3.63. The highest BCUT2D eigenvalue weighted by atomic mass is 35.5. The maximum absolute atomic E-state index is 5.95. The van der Waals surface area contributed by atoms with E-state index < -0.39 is 0 Å². The molecule has 0 radical (unpaired) electrons. The van der Waals surface area contributed by atoms with Crippen LogP contribution in [0.25, 0.3) is 0 Å². The molecule has 2 rings (SSSR count). The first-order valence-electron chi connectivity index (χ1n) is 6.34. The van der Waals surface area contributed by atoms with Crippen LogP contribution in [0.15, 0.2) is 24.3 Å². The first-order chi connectivity index (χ1) is 7.84. The van der Waals surface area contributed by atoms with E-state index in [2.05, 4.69) is 11.4 Å². The van der Waals surface area contributed by atoms with Gasteiger partial charge in [-0.2, -0.15) is 0 Å². The molecular weight excluding hydrogens is 218 g/mol. The average molecular weight is 238 g/mol. The number of rotatable bonds is 3. The molecular formula is C14H20ClN. The van der Waals surface area contributed by atoms with Crippen molar-refractivity contribution in [1.29, 1.82) is 0 Å². The summed E-state index contributed by atoms with van der Waals surface area (Å²) in [4.78, 5) is 0. The van der Waals surface area contributed by atoms with Gasteiger partial charge in [0.1, 0.15) is 0 Å². The van der Waals surface area contributed by atoms with Gasteiger partial charge in [-0.1, -0.05) is 43.4 Å². The molecule has 1 aliphatic carbocycles. The van der Waals surface area contributed by atoms with Crippen molar-refractivity contribution < 1.29 is 0 Å². The molecule has 0 heterocycles. The lowest BCUT2D eigenvalue weighted by Gasteiger charge is -2.15. The SMILES string of the molecule is Clc1cccc(NCC2CCCCCC2)c1. The Labute approximate surface area is 103 Å². The Hall–Kier alpha value is -0.690. The normalized spacial score (nSPS) is 18.1. The fourth-order valence-electron chi connectivity index (χ4n) is 2.43. The van der Waals surface area contributed by atoms with Gasteiger partial charge in [0.2, 0.25) is 0 Å². The first-order valence-corrected chi connectivity index (χ1v) is 6.72. The van der Waals surface area contributed by atoms with Crippen molar-refractivity contribution in [2.45, 2.75) is 38.5 Å². The van der Waals surface area contributed by atoms with Crippen molar-refractivity contribution >= 4 is 17.3 Å². The Morgan fingerprint density at radius 3 is 2.56 bits per heavy atom. The zero-order chi connectivity index (χ0) is 11.2. The Bertz CT molecular complexity index is 316. The maximum Gasteiger partial charge on any atom is 0.0426 e. The Kier molecular flexibility index (Phi) is 4.53. The molecule has 0 amide bonds. The third kappa shape index (κ3) is 3.71. The van der Waals surface area contributed by atoms with Gasteiger partial charge >= 0.3 is 0 Å². The summed E-state index contributed by atoms with van der Waals surface area (Å²) in [6.45, 7) is 1.10. The summed E-state index contributed by atoms with van der Waals surface area (Å²) in [6, 6.07) is 8.00. The van der Waals surface area contributed by atoms with Crippen molar-refractivity contribution in [3.63, 3.8) is 0 Å². The second-order valence-electron chi connectivity index (χ2n) is 4.75. The van der Waals surface area contributed by atoms with Gasteiger partial charge in [-0.15, -0.1) is 0 Å². The molecule has 1 aliphatic rings. The van der Waals surface area contributed by atoms with Crippen LogP contribution in [-0.2, 0) is 0 Å². The van der Waals surface area contributed by atoms with Gasteiger partial charge < -0.3 is 5.32 Å². The van der Waals surface area contributed by atoms with E-state index in [9.17, 15) is 0 Å². The highest BCUT2D eigenvalue weighted by molar-refractivity contribution is 6.30. The largest absolute Gasteiger partial charge is 0.385 e. The smallest absolute Gasteiger partial charge is 0.0426 e. The van der Waals surface area contributed by atoms with Crippen LogP contribution in [0.5, 0.6) is 0 Å². The maximum atomic E-state index is 5.95. The molecule has 0 saturated heterocycles. The molecule has 1 aromatic carbocycles. The highest BCUT2D eigenvalue weighted by Gasteiger charge is 2.11. The Balaban J connectivity index is 1.81. The van der Waals surface area contributed by atoms with Crippen molar-refractivity contribution in [2.75, 3.05) is 11.9 Å². The zero-order valence-electron chi connectivity index (χ0n) is 9.71. The van der Waals surface area contributed by atoms with Crippen molar-refractivity contribution in [3.8, 4) is 0 Å². The van der Waals surface area contributed by atoms with Gasteiger partial charge in [0.25, 0.3) is 0 Å². The van der Waals surface area contributed by atoms with Gasteiger partial charge in [0, 0.05) is 17.3 Å². The summed E-state index contributed by atoms with van der Waals surface area (Å²) >= 11 is 5.95. The molecule has 1 fully saturated rings. The number of nitrogens with one attached hydrogen (secondary N) is 1. The van der Waals surface area contributed by atoms with Crippen molar-refractivity contribution in [2.24, 2.45) is 5.92 Å². The minimum absolute atomic E-state index is 0.811. The van der Waals surface area contributed by atoms with Crippen LogP contribution in [-0.4, -0.2) is 6.54 Å². The zero-order valence-corrected chi connectivity index (χ0v) is 10.5. The number of hydrogen-bond donors (Lipinski definition) is 1. The van der Waals surface area contributed by atoms with E-state index in [1.165, 1.54) is 38.5 Å². The van der Waals surface area contributed by atoms with Gasteiger partial charge in [-0.3, -0.25) is 0 Å². The lowest BCUT2D eigenvalue weighted by atomic mass is 10.0. The molecule has 2 heteroatoms. The molecule has 0 atom stereocenters. The standard InChI is InChI=1S/C14H20ClN/c15-13-8-5-9-14(10-13)16-11-12-6-3-1-2-4-7-12/h5,8-10,12,16H,1-4,6-7,11H2. The van der Waals surface area contributed by atoms with E-state index in [0.29, 0.717) is 0 Å². The molecule has 0 aromatic heterocycles. The molecule has 16 heavy (non-hydrogen) atoms. The van der Waals surface area contributed by atoms with Gasteiger partial charge in [-0.05, 0) is 37.0 Å². The predicted octanol–water partition coefficient (Wildman–Crippen LogP) is 4.72. The van der Waals surface area contributed by atoms with Crippen LogP contribution in [0.2, 0.25) is 5.02 Å². The van der Waals surface area contributed by atoms with E-state index in [-0.39, 0.29) is 0 Å². The quantitative estimate of drug-likeness (QED) is 0.750. The van der Waals surface area contributed by atoms with Crippen LogP contribution < -0.4 is 5.32 Å². The minimum Gasteiger partial charge on any atom is -0.385 e. The van der Waals surface area contributed by atoms with Crippen molar-refractivity contribution in [1.82, 2.24) is 0 Å². The summed E-state index contributed by atoms with van der Waals surface area (Å²) in [6.07, 6.45) is 8.42.